The number of anilines is 2. The van der Waals surface area contributed by atoms with Crippen LogP contribution >= 0.6 is 0 Å². The van der Waals surface area contributed by atoms with Crippen molar-refractivity contribution < 1.29 is 17.9 Å². The van der Waals surface area contributed by atoms with Gasteiger partial charge in [-0.2, -0.15) is 15.1 Å². The highest BCUT2D eigenvalue weighted by molar-refractivity contribution is 7.90. The van der Waals surface area contributed by atoms with Crippen molar-refractivity contribution in [3.8, 4) is 22.8 Å². The Balaban J connectivity index is 1.33. The molecule has 0 unspecified atom stereocenters. The molecule has 4 aromatic rings. The highest BCUT2D eigenvalue weighted by atomic mass is 32.2. The molecule has 0 aliphatic carbocycles. The van der Waals surface area contributed by atoms with Crippen molar-refractivity contribution in [1.29, 1.82) is 0 Å². The van der Waals surface area contributed by atoms with Crippen molar-refractivity contribution in [2.75, 3.05) is 48.6 Å². The standard InChI is InChI=1S/C28H32N8O4S/c1-16-21-11-30-36(24(21)8-23(31-16)22-10-29-6-5-25(22)39-3)27-9-26(34-12-18(17(34)2)15-41(4,37)38)32-28(33-27)35-13-20-7-19(35)14-40-20/h5-6,8-11,17-20H,7,12-15H2,1-4H3/t17-,18-,19-,20-/m1/s1. The van der Waals surface area contributed by atoms with Gasteiger partial charge in [0.15, 0.2) is 5.82 Å². The van der Waals surface area contributed by atoms with Crippen LogP contribution in [-0.4, -0.2) is 95.1 Å². The smallest absolute Gasteiger partial charge is 0.229 e. The minimum absolute atomic E-state index is 0.0316. The predicted molar refractivity (Wildman–Crippen MR) is 154 cm³/mol. The summed E-state index contributed by atoms with van der Waals surface area (Å²) < 4.78 is 37.2. The van der Waals surface area contributed by atoms with Crippen LogP contribution in [0.5, 0.6) is 5.75 Å². The van der Waals surface area contributed by atoms with Crippen LogP contribution in [-0.2, 0) is 14.6 Å². The molecule has 0 saturated carbocycles. The third-order valence-electron chi connectivity index (χ3n) is 8.51. The molecule has 7 rings (SSSR count). The molecule has 41 heavy (non-hydrogen) atoms. The van der Waals surface area contributed by atoms with Crippen molar-refractivity contribution in [2.45, 2.75) is 38.5 Å². The molecule has 0 radical (unpaired) electrons. The van der Waals surface area contributed by atoms with E-state index in [9.17, 15) is 8.42 Å². The number of rotatable bonds is 7. The zero-order chi connectivity index (χ0) is 28.5. The quantitative estimate of drug-likeness (QED) is 0.322. The van der Waals surface area contributed by atoms with Crippen LogP contribution in [0.25, 0.3) is 28.0 Å². The average molecular weight is 577 g/mol. The first-order valence-electron chi connectivity index (χ1n) is 13.7. The van der Waals surface area contributed by atoms with E-state index >= 15 is 0 Å². The van der Waals surface area contributed by atoms with Gasteiger partial charge in [-0.3, -0.25) is 9.97 Å². The molecule has 0 N–H and O–H groups in total. The SMILES string of the molecule is COc1ccncc1-c1cc2c(cnn2-c2cc(N3C[C@H](CS(C)(=O)=O)[C@H]3C)nc(N3C[C@H]4C[C@@H]3CO4)n2)c(C)n1. The Labute approximate surface area is 238 Å². The molecule has 4 aromatic heterocycles. The summed E-state index contributed by atoms with van der Waals surface area (Å²) in [5.74, 6) is 2.94. The lowest BCUT2D eigenvalue weighted by Crippen LogP contribution is -2.57. The van der Waals surface area contributed by atoms with E-state index < -0.39 is 9.84 Å². The molecule has 0 aromatic carbocycles. The summed E-state index contributed by atoms with van der Waals surface area (Å²) in [7, 11) is -1.44. The van der Waals surface area contributed by atoms with Crippen LogP contribution < -0.4 is 14.5 Å². The third kappa shape index (κ3) is 4.56. The van der Waals surface area contributed by atoms with Crippen molar-refractivity contribution in [2.24, 2.45) is 5.92 Å². The van der Waals surface area contributed by atoms with E-state index in [-0.39, 0.29) is 29.9 Å². The Hall–Kier alpha value is -3.84. The van der Waals surface area contributed by atoms with Crippen molar-refractivity contribution in [1.82, 2.24) is 29.7 Å². The highest BCUT2D eigenvalue weighted by Gasteiger charge is 2.42. The summed E-state index contributed by atoms with van der Waals surface area (Å²) in [6.07, 6.45) is 7.69. The second-order valence-electron chi connectivity index (χ2n) is 11.3. The highest BCUT2D eigenvalue weighted by Crippen LogP contribution is 2.37. The number of sulfone groups is 1. The van der Waals surface area contributed by atoms with Gasteiger partial charge >= 0.3 is 0 Å². The predicted octanol–water partition coefficient (Wildman–Crippen LogP) is 2.44. The zero-order valence-electron chi connectivity index (χ0n) is 23.4. The van der Waals surface area contributed by atoms with Crippen LogP contribution in [0.2, 0.25) is 0 Å². The molecular weight excluding hydrogens is 544 g/mol. The van der Waals surface area contributed by atoms with Crippen LogP contribution in [0, 0.1) is 12.8 Å². The van der Waals surface area contributed by atoms with E-state index in [4.69, 9.17) is 29.5 Å². The summed E-state index contributed by atoms with van der Waals surface area (Å²) in [5, 5.41) is 5.66. The van der Waals surface area contributed by atoms with Gasteiger partial charge in [-0.15, -0.1) is 0 Å². The molecule has 3 fully saturated rings. The molecule has 3 saturated heterocycles. The topological polar surface area (TPSA) is 128 Å². The molecule has 7 heterocycles. The van der Waals surface area contributed by atoms with Gasteiger partial charge in [0.2, 0.25) is 5.95 Å². The van der Waals surface area contributed by atoms with Gasteiger partial charge in [0.05, 0.1) is 54.6 Å². The number of ether oxygens (including phenoxy) is 2. The largest absolute Gasteiger partial charge is 0.496 e. The van der Waals surface area contributed by atoms with Gasteiger partial charge < -0.3 is 19.3 Å². The lowest BCUT2D eigenvalue weighted by atomic mass is 9.92. The first-order valence-corrected chi connectivity index (χ1v) is 15.8. The number of morpholine rings is 1. The maximum atomic E-state index is 12.0. The van der Waals surface area contributed by atoms with E-state index in [1.165, 1.54) is 6.26 Å². The van der Waals surface area contributed by atoms with Gasteiger partial charge in [-0.05, 0) is 32.4 Å². The second kappa shape index (κ2) is 9.62. The minimum Gasteiger partial charge on any atom is -0.496 e. The number of aromatic nitrogens is 6. The Bertz CT molecular complexity index is 1760. The van der Waals surface area contributed by atoms with Crippen LogP contribution in [0.1, 0.15) is 19.0 Å². The summed E-state index contributed by atoms with van der Waals surface area (Å²) in [5.41, 5.74) is 3.20. The molecule has 4 atom stereocenters. The van der Waals surface area contributed by atoms with Crippen molar-refractivity contribution in [3.05, 3.63) is 42.5 Å². The lowest BCUT2D eigenvalue weighted by molar-refractivity contribution is 0.0986. The molecule has 13 heteroatoms. The summed E-state index contributed by atoms with van der Waals surface area (Å²) >= 11 is 0. The summed E-state index contributed by atoms with van der Waals surface area (Å²) in [4.78, 5) is 23.5. The van der Waals surface area contributed by atoms with Gasteiger partial charge in [0.25, 0.3) is 0 Å². The first-order chi connectivity index (χ1) is 19.7. The van der Waals surface area contributed by atoms with E-state index in [1.54, 1.807) is 19.5 Å². The Kier molecular flexibility index (Phi) is 6.12. The molecule has 214 valence electrons. The fourth-order valence-corrected chi connectivity index (χ4v) is 7.42. The maximum Gasteiger partial charge on any atom is 0.229 e. The van der Waals surface area contributed by atoms with Gasteiger partial charge in [0, 0.05) is 60.8 Å². The van der Waals surface area contributed by atoms with Crippen LogP contribution in [0.4, 0.5) is 11.8 Å². The molecule has 0 amide bonds. The van der Waals surface area contributed by atoms with Gasteiger partial charge in [0.1, 0.15) is 21.4 Å². The molecule has 3 aliphatic heterocycles. The number of hydrogen-bond acceptors (Lipinski definition) is 11. The van der Waals surface area contributed by atoms with E-state index in [0.29, 0.717) is 30.7 Å². The minimum atomic E-state index is -3.07. The Morgan fingerprint density at radius 2 is 1.93 bits per heavy atom. The van der Waals surface area contributed by atoms with Crippen molar-refractivity contribution in [3.63, 3.8) is 0 Å². The Morgan fingerprint density at radius 3 is 2.63 bits per heavy atom. The summed E-state index contributed by atoms with van der Waals surface area (Å²) in [6.45, 7) is 6.04. The van der Waals surface area contributed by atoms with E-state index in [2.05, 4.69) is 21.7 Å². The second-order valence-corrected chi connectivity index (χ2v) is 13.5. The normalized spacial score (nSPS) is 23.8. The number of nitrogens with zero attached hydrogens (tertiary/aromatic N) is 8. The average Bonchev–Trinajstić information content (AvgIpc) is 3.70. The first kappa shape index (κ1) is 26.1. The van der Waals surface area contributed by atoms with Crippen LogP contribution in [0.15, 0.2) is 36.8 Å². The monoisotopic (exact) mass is 576 g/mol. The fourth-order valence-electron chi connectivity index (χ4n) is 6.26. The molecule has 3 aliphatic rings. The number of aryl methyl sites for hydroxylation is 1. The number of methoxy groups -OCH3 is 1. The fraction of sp³-hybridized carbons (Fsp3) is 0.464. The molecule has 0 spiro atoms. The van der Waals surface area contributed by atoms with E-state index in [1.807, 2.05) is 36.0 Å². The molecule has 12 nitrogen and oxygen atoms in total. The third-order valence-corrected chi connectivity index (χ3v) is 9.55. The van der Waals surface area contributed by atoms with Gasteiger partial charge in [-0.1, -0.05) is 0 Å². The van der Waals surface area contributed by atoms with Crippen molar-refractivity contribution >= 4 is 32.5 Å². The maximum absolute atomic E-state index is 12.0. The molecule has 2 bridgehead atoms. The summed E-state index contributed by atoms with van der Waals surface area (Å²) in [6, 6.07) is 6.00. The van der Waals surface area contributed by atoms with Gasteiger partial charge in [-0.25, -0.2) is 13.1 Å². The lowest BCUT2D eigenvalue weighted by Gasteiger charge is -2.47. The van der Waals surface area contributed by atoms with Crippen LogP contribution in [0.3, 0.4) is 0 Å². The Morgan fingerprint density at radius 1 is 1.10 bits per heavy atom. The zero-order valence-corrected chi connectivity index (χ0v) is 24.2. The number of pyridine rings is 2. The van der Waals surface area contributed by atoms with E-state index in [0.717, 1.165) is 46.6 Å². The molecular formula is C28H32N8O4S. The number of hydrogen-bond donors (Lipinski definition) is 0. The number of fused-ring (bicyclic) bond motifs is 3.